The normalized spacial score (nSPS) is 6.78. The van der Waals surface area contributed by atoms with Crippen LogP contribution in [0.1, 0.15) is 41.5 Å². The van der Waals surface area contributed by atoms with Crippen LogP contribution in [0.5, 0.6) is 0 Å². The third kappa shape index (κ3) is 88.4. The van der Waals surface area contributed by atoms with Gasteiger partial charge in [0, 0.05) is 0 Å². The summed E-state index contributed by atoms with van der Waals surface area (Å²) in [6.45, 7) is 8.21. The fourth-order valence-electron chi connectivity index (χ4n) is 0. The molecule has 9 heavy (non-hydrogen) atoms. The lowest BCUT2D eigenvalue weighted by Gasteiger charge is -1.82. The van der Waals surface area contributed by atoms with Crippen molar-refractivity contribution in [3.8, 4) is 0 Å². The second-order valence-corrected chi connectivity index (χ2v) is 2.12. The van der Waals surface area contributed by atoms with Gasteiger partial charge in [0.05, 0.1) is 0 Å². The Hall–Kier alpha value is -0.330. The third-order valence-corrected chi connectivity index (χ3v) is 0.333. The molecule has 0 aromatic rings. The van der Waals surface area contributed by atoms with Crippen LogP contribution in [0.3, 0.4) is 0 Å². The number of rotatable bonds is 1. The van der Waals surface area contributed by atoms with Gasteiger partial charge in [-0.15, -0.1) is 0 Å². The van der Waals surface area contributed by atoms with Gasteiger partial charge in [0.25, 0.3) is 0 Å². The highest BCUT2D eigenvalue weighted by Gasteiger charge is 1.75. The second kappa shape index (κ2) is 15.6. The second-order valence-electron chi connectivity index (χ2n) is 2.12. The molecule has 58 valence electrons. The van der Waals surface area contributed by atoms with Gasteiger partial charge in [-0.25, -0.2) is 0 Å². The van der Waals surface area contributed by atoms with E-state index in [1.807, 2.05) is 13.8 Å². The number of hydrogen-bond acceptors (Lipinski definition) is 1. The largest absolute Gasteiger partial charge is 0.313 e. The molecule has 0 atom stereocenters. The van der Waals surface area contributed by atoms with Crippen molar-refractivity contribution in [1.29, 1.82) is 5.41 Å². The van der Waals surface area contributed by atoms with Crippen molar-refractivity contribution >= 4 is 6.21 Å². The van der Waals surface area contributed by atoms with Gasteiger partial charge < -0.3 is 5.41 Å². The van der Waals surface area contributed by atoms with Crippen molar-refractivity contribution in [3.05, 3.63) is 0 Å². The van der Waals surface area contributed by atoms with E-state index in [0.29, 0.717) is 5.92 Å². The minimum atomic E-state index is 0. The van der Waals surface area contributed by atoms with E-state index >= 15 is 0 Å². The van der Waals surface area contributed by atoms with Crippen LogP contribution in [-0.2, 0) is 0 Å². The molecule has 0 fully saturated rings. The van der Waals surface area contributed by atoms with Crippen LogP contribution < -0.4 is 0 Å². The summed E-state index contributed by atoms with van der Waals surface area (Å²) in [5.41, 5.74) is 0. The summed E-state index contributed by atoms with van der Waals surface area (Å²) in [4.78, 5) is 0. The SMILES string of the molecule is C.CC(C)C=N.CCC. The standard InChI is InChI=1S/C4H9N.C3H8.CH4/c1-4(2)3-5;1-3-2;/h3-5H,1-2H3;3H2,1-2H3;1H4. The molecule has 0 heterocycles. The van der Waals surface area contributed by atoms with Gasteiger partial charge in [-0.05, 0) is 12.1 Å². The average molecular weight is 131 g/mol. The Bertz CT molecular complexity index is 39.8. The van der Waals surface area contributed by atoms with Crippen LogP contribution >= 0.6 is 0 Å². The van der Waals surface area contributed by atoms with Gasteiger partial charge in [0.15, 0.2) is 0 Å². The summed E-state index contributed by atoms with van der Waals surface area (Å²) >= 11 is 0. The van der Waals surface area contributed by atoms with Crippen molar-refractivity contribution in [1.82, 2.24) is 0 Å². The monoisotopic (exact) mass is 131 g/mol. The molecular formula is C8H21N. The van der Waals surface area contributed by atoms with Crippen molar-refractivity contribution in [2.75, 3.05) is 0 Å². The first-order valence-corrected chi connectivity index (χ1v) is 3.19. The molecule has 0 bridgehead atoms. The maximum atomic E-state index is 6.53. The lowest BCUT2D eigenvalue weighted by Crippen LogP contribution is -1.81. The van der Waals surface area contributed by atoms with E-state index in [0.717, 1.165) is 0 Å². The van der Waals surface area contributed by atoms with Crippen LogP contribution in [0.25, 0.3) is 0 Å². The Morgan fingerprint density at radius 2 is 1.44 bits per heavy atom. The highest BCUT2D eigenvalue weighted by Crippen LogP contribution is 1.79. The summed E-state index contributed by atoms with van der Waals surface area (Å²) in [5, 5.41) is 6.53. The van der Waals surface area contributed by atoms with Crippen LogP contribution in [0, 0.1) is 11.3 Å². The zero-order valence-electron chi connectivity index (χ0n) is 6.36. The molecule has 0 saturated carbocycles. The molecule has 1 N–H and O–H groups in total. The lowest BCUT2D eigenvalue weighted by atomic mass is 10.3. The minimum Gasteiger partial charge on any atom is -0.313 e. The highest BCUT2D eigenvalue weighted by atomic mass is 14.3. The molecule has 0 amide bonds. The number of nitrogens with one attached hydrogen (secondary N) is 1. The Balaban J connectivity index is -0.0000000800. The summed E-state index contributed by atoms with van der Waals surface area (Å²) in [5.74, 6) is 0.426. The first-order valence-electron chi connectivity index (χ1n) is 3.19. The Labute approximate surface area is 60.0 Å². The van der Waals surface area contributed by atoms with Crippen LogP contribution in [0.2, 0.25) is 0 Å². The maximum Gasteiger partial charge on any atom is -0.00223 e. The van der Waals surface area contributed by atoms with Crippen LogP contribution in [0.15, 0.2) is 0 Å². The molecule has 0 aromatic heterocycles. The van der Waals surface area contributed by atoms with E-state index < -0.39 is 0 Å². The zero-order chi connectivity index (χ0) is 6.99. The van der Waals surface area contributed by atoms with E-state index in [1.165, 1.54) is 12.6 Å². The van der Waals surface area contributed by atoms with Gasteiger partial charge in [-0.1, -0.05) is 41.5 Å². The first kappa shape index (κ1) is 15.9. The molecule has 0 rings (SSSR count). The predicted octanol–water partition coefficient (Wildman–Crippen LogP) is 3.34. The van der Waals surface area contributed by atoms with Gasteiger partial charge in [0.1, 0.15) is 0 Å². The number of hydrogen-bond donors (Lipinski definition) is 1. The van der Waals surface area contributed by atoms with Crippen LogP contribution in [-0.4, -0.2) is 6.21 Å². The molecule has 0 radical (unpaired) electrons. The highest BCUT2D eigenvalue weighted by molar-refractivity contribution is 5.55. The average Bonchev–Trinajstić information content (AvgIpc) is 1.69. The fourth-order valence-corrected chi connectivity index (χ4v) is 0. The Kier molecular flexibility index (Phi) is 27.6. The summed E-state index contributed by atoms with van der Waals surface area (Å²) in [7, 11) is 0. The minimum absolute atomic E-state index is 0. The van der Waals surface area contributed by atoms with E-state index in [2.05, 4.69) is 13.8 Å². The van der Waals surface area contributed by atoms with Gasteiger partial charge in [0.2, 0.25) is 0 Å². The van der Waals surface area contributed by atoms with Gasteiger partial charge in [-0.2, -0.15) is 0 Å². The van der Waals surface area contributed by atoms with E-state index in [4.69, 9.17) is 5.41 Å². The first-order chi connectivity index (χ1) is 3.68. The molecule has 1 nitrogen and oxygen atoms in total. The van der Waals surface area contributed by atoms with Crippen molar-refractivity contribution in [2.45, 2.75) is 41.5 Å². The quantitative estimate of drug-likeness (QED) is 0.528. The molecule has 0 unspecified atom stereocenters. The van der Waals surface area contributed by atoms with Crippen molar-refractivity contribution < 1.29 is 0 Å². The van der Waals surface area contributed by atoms with Gasteiger partial charge >= 0.3 is 0 Å². The molecule has 0 saturated heterocycles. The maximum absolute atomic E-state index is 6.53. The predicted molar refractivity (Wildman–Crippen MR) is 46.3 cm³/mol. The smallest absolute Gasteiger partial charge is 0.00223 e. The third-order valence-electron chi connectivity index (χ3n) is 0.333. The van der Waals surface area contributed by atoms with Crippen LogP contribution in [0.4, 0.5) is 0 Å². The van der Waals surface area contributed by atoms with E-state index in [-0.39, 0.29) is 7.43 Å². The summed E-state index contributed by atoms with van der Waals surface area (Å²) in [6, 6.07) is 0. The fraction of sp³-hybridized carbons (Fsp3) is 0.875. The van der Waals surface area contributed by atoms with Gasteiger partial charge in [-0.3, -0.25) is 0 Å². The van der Waals surface area contributed by atoms with Crippen molar-refractivity contribution in [3.63, 3.8) is 0 Å². The molecule has 0 aliphatic carbocycles. The topological polar surface area (TPSA) is 23.9 Å². The zero-order valence-corrected chi connectivity index (χ0v) is 6.36. The lowest BCUT2D eigenvalue weighted by molar-refractivity contribution is 0.902. The van der Waals surface area contributed by atoms with E-state index in [1.54, 1.807) is 0 Å². The molecule has 0 aliphatic heterocycles. The van der Waals surface area contributed by atoms with E-state index in [9.17, 15) is 0 Å². The Morgan fingerprint density at radius 3 is 1.44 bits per heavy atom. The molecule has 0 aliphatic rings. The molecular weight excluding hydrogens is 110 g/mol. The molecule has 0 spiro atoms. The van der Waals surface area contributed by atoms with Crippen molar-refractivity contribution in [2.24, 2.45) is 5.92 Å². The summed E-state index contributed by atoms with van der Waals surface area (Å²) < 4.78 is 0. The molecule has 0 aromatic carbocycles. The molecule has 1 heteroatoms. The summed E-state index contributed by atoms with van der Waals surface area (Å²) in [6.07, 6.45) is 2.67. The Morgan fingerprint density at radius 1 is 1.33 bits per heavy atom.